The predicted octanol–water partition coefficient (Wildman–Crippen LogP) is 4.77. The average molecular weight is 550 g/mol. The lowest BCUT2D eigenvalue weighted by Crippen LogP contribution is -2.11. The summed E-state index contributed by atoms with van der Waals surface area (Å²) in [4.78, 5) is 29.0. The van der Waals surface area contributed by atoms with Crippen molar-refractivity contribution in [2.45, 2.75) is 0 Å². The Morgan fingerprint density at radius 3 is 1.73 bits per heavy atom. The number of amides is 1. The standard InChI is InChI=1S/C31H27N5O5/c37-13-15-40-23-7-1-19(2-8-23)29-33-25-11-5-21(17-27(25)35-29)31(39)32-22-6-12-26-28(18-22)36-30(34-26)20-3-9-24(10-4-20)41-16-14-38/h1-12,17-18,37-38H,13-16H2,(H,32,39)(H,33,35)(H,34,36). The number of rotatable bonds is 10. The van der Waals surface area contributed by atoms with Crippen molar-refractivity contribution in [3.63, 3.8) is 0 Å². The minimum absolute atomic E-state index is 0.0396. The second-order valence-corrected chi connectivity index (χ2v) is 9.28. The van der Waals surface area contributed by atoms with Crippen LogP contribution >= 0.6 is 0 Å². The molecule has 6 rings (SSSR count). The van der Waals surface area contributed by atoms with Crippen molar-refractivity contribution >= 4 is 33.7 Å². The Balaban J connectivity index is 1.16. The van der Waals surface area contributed by atoms with E-state index in [0.29, 0.717) is 34.4 Å². The summed E-state index contributed by atoms with van der Waals surface area (Å²) in [6.45, 7) is 0.401. The Hall–Kier alpha value is -5.19. The normalized spacial score (nSPS) is 11.2. The van der Waals surface area contributed by atoms with Crippen molar-refractivity contribution in [3.05, 3.63) is 90.5 Å². The fourth-order valence-electron chi connectivity index (χ4n) is 4.46. The molecule has 2 aromatic heterocycles. The molecule has 0 saturated heterocycles. The summed E-state index contributed by atoms with van der Waals surface area (Å²) in [6.07, 6.45) is 0. The van der Waals surface area contributed by atoms with Gasteiger partial charge in [0.2, 0.25) is 0 Å². The number of hydrogen-bond donors (Lipinski definition) is 5. The maximum atomic E-state index is 13.1. The van der Waals surface area contributed by atoms with E-state index in [9.17, 15) is 4.79 Å². The fourth-order valence-corrected chi connectivity index (χ4v) is 4.46. The van der Waals surface area contributed by atoms with Gasteiger partial charge in [-0.05, 0) is 84.9 Å². The number of aliphatic hydroxyl groups is 2. The molecule has 0 aliphatic rings. The largest absolute Gasteiger partial charge is 0.491 e. The fraction of sp³-hybridized carbons (Fsp3) is 0.129. The molecule has 5 N–H and O–H groups in total. The first-order chi connectivity index (χ1) is 20.1. The van der Waals surface area contributed by atoms with Gasteiger partial charge in [-0.25, -0.2) is 9.97 Å². The van der Waals surface area contributed by atoms with E-state index in [4.69, 9.17) is 19.7 Å². The van der Waals surface area contributed by atoms with Crippen LogP contribution in [0.15, 0.2) is 84.9 Å². The second-order valence-electron chi connectivity index (χ2n) is 9.28. The molecule has 0 spiro atoms. The number of fused-ring (bicyclic) bond motifs is 2. The first-order valence-corrected chi connectivity index (χ1v) is 13.1. The van der Waals surface area contributed by atoms with Gasteiger partial charge in [0, 0.05) is 22.4 Å². The molecule has 0 fully saturated rings. The lowest BCUT2D eigenvalue weighted by atomic mass is 10.2. The number of carbonyl (C=O) groups is 1. The number of nitrogens with zero attached hydrogens (tertiary/aromatic N) is 2. The van der Waals surface area contributed by atoms with Crippen LogP contribution in [-0.2, 0) is 0 Å². The molecule has 10 nitrogen and oxygen atoms in total. The number of carbonyl (C=O) groups excluding carboxylic acids is 1. The van der Waals surface area contributed by atoms with E-state index in [1.54, 1.807) is 12.1 Å². The van der Waals surface area contributed by atoms with E-state index in [0.717, 1.165) is 33.2 Å². The summed E-state index contributed by atoms with van der Waals surface area (Å²) < 4.78 is 10.8. The zero-order valence-electron chi connectivity index (χ0n) is 21.9. The highest BCUT2D eigenvalue weighted by molar-refractivity contribution is 6.06. The summed E-state index contributed by atoms with van der Waals surface area (Å²) in [7, 11) is 0. The maximum absolute atomic E-state index is 13.1. The number of benzene rings is 4. The van der Waals surface area contributed by atoms with Crippen LogP contribution in [0.4, 0.5) is 5.69 Å². The minimum atomic E-state index is -0.244. The van der Waals surface area contributed by atoms with Crippen LogP contribution < -0.4 is 14.8 Å². The highest BCUT2D eigenvalue weighted by Crippen LogP contribution is 2.26. The third-order valence-electron chi connectivity index (χ3n) is 6.46. The predicted molar refractivity (Wildman–Crippen MR) is 156 cm³/mol. The van der Waals surface area contributed by atoms with Crippen LogP contribution in [-0.4, -0.2) is 62.5 Å². The molecule has 10 heteroatoms. The van der Waals surface area contributed by atoms with Gasteiger partial charge in [-0.15, -0.1) is 0 Å². The van der Waals surface area contributed by atoms with Gasteiger partial charge in [0.1, 0.15) is 36.4 Å². The van der Waals surface area contributed by atoms with Crippen LogP contribution in [0.2, 0.25) is 0 Å². The minimum Gasteiger partial charge on any atom is -0.491 e. The Kier molecular flexibility index (Phi) is 7.31. The molecule has 4 aromatic carbocycles. The molecule has 0 radical (unpaired) electrons. The van der Waals surface area contributed by atoms with E-state index < -0.39 is 0 Å². The smallest absolute Gasteiger partial charge is 0.255 e. The molecule has 0 aliphatic heterocycles. The molecule has 41 heavy (non-hydrogen) atoms. The Bertz CT molecular complexity index is 1810. The number of hydrogen-bond acceptors (Lipinski definition) is 7. The van der Waals surface area contributed by atoms with Gasteiger partial charge >= 0.3 is 0 Å². The first-order valence-electron chi connectivity index (χ1n) is 13.1. The number of ether oxygens (including phenoxy) is 2. The van der Waals surface area contributed by atoms with Crippen molar-refractivity contribution in [1.29, 1.82) is 0 Å². The van der Waals surface area contributed by atoms with Crippen molar-refractivity contribution < 1.29 is 24.5 Å². The summed E-state index contributed by atoms with van der Waals surface area (Å²) in [5.74, 6) is 2.48. The van der Waals surface area contributed by atoms with E-state index >= 15 is 0 Å². The molecule has 0 saturated carbocycles. The van der Waals surface area contributed by atoms with Gasteiger partial charge in [-0.2, -0.15) is 0 Å². The van der Waals surface area contributed by atoms with Gasteiger partial charge in [0.15, 0.2) is 0 Å². The van der Waals surface area contributed by atoms with Gasteiger partial charge in [-0.3, -0.25) is 4.79 Å². The number of imidazole rings is 2. The highest BCUT2D eigenvalue weighted by atomic mass is 16.5. The topological polar surface area (TPSA) is 145 Å². The van der Waals surface area contributed by atoms with Gasteiger partial charge in [0.25, 0.3) is 5.91 Å². The molecular formula is C31H27N5O5. The van der Waals surface area contributed by atoms with E-state index in [1.165, 1.54) is 0 Å². The third kappa shape index (κ3) is 5.74. The van der Waals surface area contributed by atoms with Crippen LogP contribution in [0, 0.1) is 0 Å². The molecule has 0 bridgehead atoms. The van der Waals surface area contributed by atoms with E-state index in [-0.39, 0.29) is 32.3 Å². The van der Waals surface area contributed by atoms with Gasteiger partial charge in [0.05, 0.1) is 35.3 Å². The van der Waals surface area contributed by atoms with Gasteiger partial charge < -0.3 is 35.0 Å². The Morgan fingerprint density at radius 1 is 0.683 bits per heavy atom. The van der Waals surface area contributed by atoms with Crippen molar-refractivity contribution in [1.82, 2.24) is 19.9 Å². The van der Waals surface area contributed by atoms with E-state index in [2.05, 4.69) is 25.3 Å². The van der Waals surface area contributed by atoms with Crippen LogP contribution in [0.1, 0.15) is 10.4 Å². The summed E-state index contributed by atoms with van der Waals surface area (Å²) in [5, 5.41) is 20.8. The summed E-state index contributed by atoms with van der Waals surface area (Å²) in [5.41, 5.74) is 5.96. The molecule has 6 aromatic rings. The molecule has 0 unspecified atom stereocenters. The Labute approximate surface area is 234 Å². The number of anilines is 1. The van der Waals surface area contributed by atoms with Crippen LogP contribution in [0.5, 0.6) is 11.5 Å². The van der Waals surface area contributed by atoms with E-state index in [1.807, 2.05) is 72.8 Å². The SMILES string of the molecule is O=C(Nc1ccc2nc(-c3ccc(OCCO)cc3)[nH]c2c1)c1ccc2nc(-c3ccc(OCCO)cc3)[nH]c2c1. The molecule has 206 valence electrons. The number of nitrogens with one attached hydrogen (secondary N) is 3. The number of aromatic nitrogens is 4. The lowest BCUT2D eigenvalue weighted by Gasteiger charge is -2.05. The van der Waals surface area contributed by atoms with Crippen LogP contribution in [0.25, 0.3) is 44.8 Å². The highest BCUT2D eigenvalue weighted by Gasteiger charge is 2.12. The van der Waals surface area contributed by atoms with Crippen LogP contribution in [0.3, 0.4) is 0 Å². The number of aromatic amines is 2. The van der Waals surface area contributed by atoms with Crippen molar-refractivity contribution in [3.8, 4) is 34.3 Å². The first kappa shape index (κ1) is 26.1. The summed E-state index contributed by atoms with van der Waals surface area (Å²) in [6, 6.07) is 25.7. The maximum Gasteiger partial charge on any atom is 0.255 e. The number of aliphatic hydroxyl groups excluding tert-OH is 2. The zero-order chi connectivity index (χ0) is 28.2. The molecular weight excluding hydrogens is 522 g/mol. The quantitative estimate of drug-likeness (QED) is 0.166. The Morgan fingerprint density at radius 2 is 1.20 bits per heavy atom. The second kappa shape index (κ2) is 11.5. The molecule has 2 heterocycles. The van der Waals surface area contributed by atoms with Crippen molar-refractivity contribution in [2.75, 3.05) is 31.7 Å². The zero-order valence-corrected chi connectivity index (χ0v) is 21.9. The summed E-state index contributed by atoms with van der Waals surface area (Å²) >= 11 is 0. The molecule has 0 atom stereocenters. The van der Waals surface area contributed by atoms with Gasteiger partial charge in [-0.1, -0.05) is 0 Å². The average Bonchev–Trinajstić information content (AvgIpc) is 3.63. The third-order valence-corrected chi connectivity index (χ3v) is 6.46. The number of H-pyrrole nitrogens is 2. The molecule has 1 amide bonds. The monoisotopic (exact) mass is 549 g/mol. The lowest BCUT2D eigenvalue weighted by molar-refractivity contribution is 0.102. The van der Waals surface area contributed by atoms with Crippen molar-refractivity contribution in [2.24, 2.45) is 0 Å². The molecule has 0 aliphatic carbocycles.